The van der Waals surface area contributed by atoms with Gasteiger partial charge in [0.05, 0.1) is 5.75 Å². The zero-order valence-corrected chi connectivity index (χ0v) is 18.1. The standard InChI is InChI=1S/C25H18N4O3S/c30-20-14-33-25(17-11-5-7-13-19(17)27-24(25)32)29(20)28-23(31)22-21(15-8-2-1-3-9-15)16-10-4-6-12-18(16)26-22/h1-13,26H,14H2,(H,27,32)(H,28,31). The highest BCUT2D eigenvalue weighted by Crippen LogP contribution is 2.51. The Morgan fingerprint density at radius 2 is 1.67 bits per heavy atom. The van der Waals surface area contributed by atoms with E-state index in [9.17, 15) is 14.4 Å². The first kappa shape index (κ1) is 19.6. The summed E-state index contributed by atoms with van der Waals surface area (Å²) in [4.78, 5) is 41.4. The minimum Gasteiger partial charge on any atom is -0.350 e. The van der Waals surface area contributed by atoms with Gasteiger partial charge >= 0.3 is 0 Å². The number of amides is 3. The number of carbonyl (C=O) groups is 3. The van der Waals surface area contributed by atoms with Gasteiger partial charge in [0.2, 0.25) is 4.87 Å². The van der Waals surface area contributed by atoms with Crippen LogP contribution in [0.1, 0.15) is 16.1 Å². The molecule has 0 aliphatic carbocycles. The van der Waals surface area contributed by atoms with E-state index in [1.807, 2.05) is 66.7 Å². The Kier molecular flexibility index (Phi) is 4.31. The van der Waals surface area contributed by atoms with Crippen LogP contribution in [0.2, 0.25) is 0 Å². The molecule has 3 aromatic carbocycles. The second-order valence-electron chi connectivity index (χ2n) is 7.89. The molecule has 1 saturated heterocycles. The normalized spacial score (nSPS) is 19.2. The first-order valence-corrected chi connectivity index (χ1v) is 11.4. The predicted molar refractivity (Wildman–Crippen MR) is 127 cm³/mol. The predicted octanol–water partition coefficient (Wildman–Crippen LogP) is 3.86. The monoisotopic (exact) mass is 454 g/mol. The lowest BCUT2D eigenvalue weighted by Crippen LogP contribution is -2.55. The van der Waals surface area contributed by atoms with Crippen LogP contribution < -0.4 is 10.7 Å². The number of hydrogen-bond donors (Lipinski definition) is 3. The Balaban J connectivity index is 1.45. The number of aromatic nitrogens is 1. The summed E-state index contributed by atoms with van der Waals surface area (Å²) in [6.45, 7) is 0. The van der Waals surface area contributed by atoms with Gasteiger partial charge in [0.15, 0.2) is 0 Å². The number of hydrogen-bond acceptors (Lipinski definition) is 4. The maximum Gasteiger partial charge on any atom is 0.287 e. The smallest absolute Gasteiger partial charge is 0.287 e. The summed E-state index contributed by atoms with van der Waals surface area (Å²) in [6, 6.07) is 24.5. The van der Waals surface area contributed by atoms with E-state index in [-0.39, 0.29) is 17.6 Å². The molecule has 8 heteroatoms. The summed E-state index contributed by atoms with van der Waals surface area (Å²) in [6.07, 6.45) is 0. The number of carbonyl (C=O) groups excluding carboxylic acids is 3. The van der Waals surface area contributed by atoms with E-state index in [1.165, 1.54) is 16.8 Å². The molecule has 1 fully saturated rings. The van der Waals surface area contributed by atoms with Crippen molar-refractivity contribution >= 4 is 46.1 Å². The molecule has 0 radical (unpaired) electrons. The molecule has 162 valence electrons. The Morgan fingerprint density at radius 3 is 2.52 bits per heavy atom. The topological polar surface area (TPSA) is 94.3 Å². The van der Waals surface area contributed by atoms with Crippen molar-refractivity contribution in [2.75, 3.05) is 11.1 Å². The number of fused-ring (bicyclic) bond motifs is 3. The van der Waals surface area contributed by atoms with Crippen molar-refractivity contribution in [3.05, 3.63) is 90.1 Å². The van der Waals surface area contributed by atoms with E-state index < -0.39 is 10.8 Å². The van der Waals surface area contributed by atoms with Gasteiger partial charge in [-0.2, -0.15) is 0 Å². The van der Waals surface area contributed by atoms with Crippen LogP contribution in [0.3, 0.4) is 0 Å². The van der Waals surface area contributed by atoms with Gasteiger partial charge in [-0.3, -0.25) is 19.8 Å². The lowest BCUT2D eigenvalue weighted by atomic mass is 10.0. The zero-order chi connectivity index (χ0) is 22.6. The maximum atomic E-state index is 13.6. The van der Waals surface area contributed by atoms with Gasteiger partial charge in [-0.15, -0.1) is 11.8 Å². The molecule has 7 nitrogen and oxygen atoms in total. The quantitative estimate of drug-likeness (QED) is 0.438. The van der Waals surface area contributed by atoms with Crippen LogP contribution in [0.25, 0.3) is 22.0 Å². The summed E-state index contributed by atoms with van der Waals surface area (Å²) < 4.78 is 0. The molecule has 6 rings (SSSR count). The molecule has 33 heavy (non-hydrogen) atoms. The van der Waals surface area contributed by atoms with Crippen molar-refractivity contribution in [3.8, 4) is 11.1 Å². The summed E-state index contributed by atoms with van der Waals surface area (Å²) in [7, 11) is 0. The van der Waals surface area contributed by atoms with Gasteiger partial charge in [0, 0.05) is 27.7 Å². The molecule has 4 aromatic rings. The molecular formula is C25H18N4O3S. The highest BCUT2D eigenvalue weighted by molar-refractivity contribution is 8.02. The van der Waals surface area contributed by atoms with E-state index in [0.717, 1.165) is 22.0 Å². The number of para-hydroxylation sites is 2. The molecule has 3 heterocycles. The fraction of sp³-hybridized carbons (Fsp3) is 0.0800. The number of thioether (sulfide) groups is 1. The highest BCUT2D eigenvalue weighted by Gasteiger charge is 2.59. The van der Waals surface area contributed by atoms with Crippen molar-refractivity contribution in [1.29, 1.82) is 0 Å². The van der Waals surface area contributed by atoms with E-state index in [2.05, 4.69) is 15.7 Å². The third kappa shape index (κ3) is 2.81. The Hall–Kier alpha value is -4.04. The number of benzene rings is 3. The molecule has 3 N–H and O–H groups in total. The highest BCUT2D eigenvalue weighted by atomic mass is 32.2. The van der Waals surface area contributed by atoms with E-state index in [0.29, 0.717) is 16.9 Å². The SMILES string of the molecule is O=C(NN1C(=O)CSC12C(=O)Nc1ccccc12)c1[nH]c2ccccc2c1-c1ccccc1. The lowest BCUT2D eigenvalue weighted by Gasteiger charge is -2.32. The van der Waals surface area contributed by atoms with Crippen molar-refractivity contribution in [3.63, 3.8) is 0 Å². The van der Waals surface area contributed by atoms with Crippen LogP contribution in [0.15, 0.2) is 78.9 Å². The second-order valence-corrected chi connectivity index (χ2v) is 9.06. The van der Waals surface area contributed by atoms with Gasteiger partial charge < -0.3 is 10.3 Å². The van der Waals surface area contributed by atoms with Crippen LogP contribution in [-0.4, -0.2) is 33.5 Å². The number of H-pyrrole nitrogens is 1. The van der Waals surface area contributed by atoms with Crippen molar-refractivity contribution in [2.24, 2.45) is 0 Å². The van der Waals surface area contributed by atoms with Gasteiger partial charge in [-0.1, -0.05) is 66.7 Å². The zero-order valence-electron chi connectivity index (χ0n) is 17.3. The molecule has 1 spiro atoms. The number of hydrazine groups is 1. The van der Waals surface area contributed by atoms with Crippen LogP contribution in [0.4, 0.5) is 5.69 Å². The number of anilines is 1. The second kappa shape index (κ2) is 7.25. The van der Waals surface area contributed by atoms with E-state index in [1.54, 1.807) is 12.1 Å². The molecule has 1 unspecified atom stereocenters. The molecule has 1 aromatic heterocycles. The molecule has 0 bridgehead atoms. The van der Waals surface area contributed by atoms with E-state index in [4.69, 9.17) is 0 Å². The fourth-order valence-corrected chi connectivity index (χ4v) is 5.82. The molecule has 3 amide bonds. The van der Waals surface area contributed by atoms with Gasteiger partial charge in [0.25, 0.3) is 17.7 Å². The fourth-order valence-electron chi connectivity index (χ4n) is 4.57. The minimum absolute atomic E-state index is 0.0836. The number of aromatic amines is 1. The lowest BCUT2D eigenvalue weighted by molar-refractivity contribution is -0.139. The maximum absolute atomic E-state index is 13.6. The summed E-state index contributed by atoms with van der Waals surface area (Å²) >= 11 is 1.20. The first-order valence-electron chi connectivity index (χ1n) is 10.4. The van der Waals surface area contributed by atoms with Crippen LogP contribution >= 0.6 is 11.8 Å². The first-order chi connectivity index (χ1) is 16.1. The van der Waals surface area contributed by atoms with Crippen LogP contribution in [0, 0.1) is 0 Å². The Labute approximate surface area is 193 Å². The third-order valence-electron chi connectivity index (χ3n) is 6.03. The van der Waals surface area contributed by atoms with Crippen LogP contribution in [0.5, 0.6) is 0 Å². The van der Waals surface area contributed by atoms with Crippen molar-refractivity contribution < 1.29 is 14.4 Å². The largest absolute Gasteiger partial charge is 0.350 e. The Morgan fingerprint density at radius 1 is 0.939 bits per heavy atom. The molecule has 1 atom stereocenters. The molecule has 2 aliphatic rings. The number of nitrogens with one attached hydrogen (secondary N) is 3. The molecule has 0 saturated carbocycles. The summed E-state index contributed by atoms with van der Waals surface area (Å²) in [5.74, 6) is -1.09. The molecule has 2 aliphatic heterocycles. The van der Waals surface area contributed by atoms with Crippen molar-refractivity contribution in [1.82, 2.24) is 15.4 Å². The van der Waals surface area contributed by atoms with Gasteiger partial charge in [0.1, 0.15) is 5.69 Å². The average Bonchev–Trinajstić information content (AvgIpc) is 3.48. The Bertz CT molecular complexity index is 1450. The van der Waals surface area contributed by atoms with Gasteiger partial charge in [-0.05, 0) is 17.7 Å². The third-order valence-corrected chi connectivity index (χ3v) is 7.42. The number of rotatable bonds is 3. The van der Waals surface area contributed by atoms with E-state index >= 15 is 0 Å². The molecular weight excluding hydrogens is 436 g/mol. The van der Waals surface area contributed by atoms with Crippen LogP contribution in [-0.2, 0) is 14.5 Å². The number of nitrogens with zero attached hydrogens (tertiary/aromatic N) is 1. The average molecular weight is 455 g/mol. The van der Waals surface area contributed by atoms with Crippen molar-refractivity contribution in [2.45, 2.75) is 4.87 Å². The summed E-state index contributed by atoms with van der Waals surface area (Å²) in [5, 5.41) is 4.92. The van der Waals surface area contributed by atoms with Gasteiger partial charge in [-0.25, -0.2) is 5.01 Å². The minimum atomic E-state index is -1.33. The summed E-state index contributed by atoms with van der Waals surface area (Å²) in [5.41, 5.74) is 6.80.